The summed E-state index contributed by atoms with van der Waals surface area (Å²) in [6.45, 7) is 3.95. The Kier molecular flexibility index (Phi) is 6.57. The van der Waals surface area contributed by atoms with Crippen LogP contribution in [0.4, 0.5) is 0 Å². The van der Waals surface area contributed by atoms with E-state index in [1.807, 2.05) is 49.4 Å². The highest BCUT2D eigenvalue weighted by Crippen LogP contribution is 2.13. The monoisotopic (exact) mass is 340 g/mol. The van der Waals surface area contributed by atoms with Crippen molar-refractivity contribution < 1.29 is 14.3 Å². The van der Waals surface area contributed by atoms with E-state index in [0.717, 1.165) is 11.1 Å². The minimum absolute atomic E-state index is 0.114. The lowest BCUT2D eigenvalue weighted by atomic mass is 10.1. The molecule has 1 N–H and O–H groups in total. The van der Waals surface area contributed by atoms with E-state index in [9.17, 15) is 9.59 Å². The third-order valence-electron chi connectivity index (χ3n) is 3.95. The van der Waals surface area contributed by atoms with Crippen LogP contribution in [0.25, 0.3) is 0 Å². The molecule has 0 heterocycles. The molecule has 5 nitrogen and oxygen atoms in total. The van der Waals surface area contributed by atoms with E-state index in [-0.39, 0.29) is 18.4 Å². The van der Waals surface area contributed by atoms with Gasteiger partial charge in [-0.2, -0.15) is 0 Å². The predicted molar refractivity (Wildman–Crippen MR) is 97.2 cm³/mol. The average molecular weight is 340 g/mol. The summed E-state index contributed by atoms with van der Waals surface area (Å²) >= 11 is 0. The molecule has 0 aliphatic heterocycles. The van der Waals surface area contributed by atoms with Gasteiger partial charge in [0.05, 0.1) is 0 Å². The molecule has 2 amide bonds. The number of para-hydroxylation sites is 1. The maximum absolute atomic E-state index is 12.7. The lowest BCUT2D eigenvalue weighted by Gasteiger charge is -2.28. The molecule has 0 saturated heterocycles. The van der Waals surface area contributed by atoms with Crippen molar-refractivity contribution in [1.29, 1.82) is 0 Å². The Labute approximate surface area is 148 Å². The van der Waals surface area contributed by atoms with Gasteiger partial charge in [-0.25, -0.2) is 0 Å². The van der Waals surface area contributed by atoms with Gasteiger partial charge in [-0.15, -0.1) is 0 Å². The maximum atomic E-state index is 12.7. The van der Waals surface area contributed by atoms with Crippen molar-refractivity contribution in [2.75, 3.05) is 13.7 Å². The van der Waals surface area contributed by atoms with Gasteiger partial charge in [0.1, 0.15) is 11.8 Å². The second kappa shape index (κ2) is 8.87. The molecule has 132 valence electrons. The summed E-state index contributed by atoms with van der Waals surface area (Å²) in [4.78, 5) is 26.3. The fourth-order valence-electron chi connectivity index (χ4n) is 2.54. The second-order valence-corrected chi connectivity index (χ2v) is 5.90. The quantitative estimate of drug-likeness (QED) is 0.843. The average Bonchev–Trinajstić information content (AvgIpc) is 2.64. The molecular formula is C20H24N2O3. The molecular weight excluding hydrogens is 316 g/mol. The summed E-state index contributed by atoms with van der Waals surface area (Å²) in [5, 5.41) is 2.60. The van der Waals surface area contributed by atoms with Crippen LogP contribution in [0.15, 0.2) is 54.6 Å². The van der Waals surface area contributed by atoms with Crippen LogP contribution in [0.2, 0.25) is 0 Å². The number of benzene rings is 2. The molecule has 1 unspecified atom stereocenters. The molecule has 0 spiro atoms. The van der Waals surface area contributed by atoms with Crippen molar-refractivity contribution in [3.05, 3.63) is 65.7 Å². The Morgan fingerprint density at radius 2 is 1.84 bits per heavy atom. The van der Waals surface area contributed by atoms with E-state index >= 15 is 0 Å². The second-order valence-electron chi connectivity index (χ2n) is 5.90. The van der Waals surface area contributed by atoms with Gasteiger partial charge in [0, 0.05) is 13.6 Å². The molecule has 2 rings (SSSR count). The number of hydrogen-bond donors (Lipinski definition) is 1. The first-order chi connectivity index (χ1) is 12.0. The fourth-order valence-corrected chi connectivity index (χ4v) is 2.54. The molecule has 25 heavy (non-hydrogen) atoms. The Morgan fingerprint density at radius 1 is 1.12 bits per heavy atom. The number of ether oxygens (including phenoxy) is 1. The fraction of sp³-hybridized carbons (Fsp3) is 0.300. The molecule has 0 fully saturated rings. The highest BCUT2D eigenvalue weighted by atomic mass is 16.5. The number of rotatable bonds is 7. The number of carbonyl (C=O) groups excluding carboxylic acids is 2. The van der Waals surface area contributed by atoms with Crippen LogP contribution in [-0.2, 0) is 16.1 Å². The first kappa shape index (κ1) is 18.5. The molecule has 0 bridgehead atoms. The van der Waals surface area contributed by atoms with Crippen molar-refractivity contribution in [3.63, 3.8) is 0 Å². The number of nitrogens with zero attached hydrogens (tertiary/aromatic N) is 1. The van der Waals surface area contributed by atoms with E-state index in [4.69, 9.17) is 4.74 Å². The van der Waals surface area contributed by atoms with Crippen molar-refractivity contribution in [1.82, 2.24) is 10.2 Å². The smallest absolute Gasteiger partial charge is 0.261 e. The van der Waals surface area contributed by atoms with Crippen molar-refractivity contribution in [3.8, 4) is 5.75 Å². The zero-order chi connectivity index (χ0) is 18.2. The first-order valence-electron chi connectivity index (χ1n) is 8.25. The number of aryl methyl sites for hydroxylation is 1. The molecule has 0 aliphatic carbocycles. The van der Waals surface area contributed by atoms with Crippen LogP contribution in [0.1, 0.15) is 18.1 Å². The van der Waals surface area contributed by atoms with Crippen LogP contribution >= 0.6 is 0 Å². The number of amides is 2. The SMILES string of the molecule is CNC(=O)C(C)N(Cc1cccc(C)c1)C(=O)COc1ccccc1. The van der Waals surface area contributed by atoms with E-state index in [1.165, 1.54) is 4.90 Å². The minimum Gasteiger partial charge on any atom is -0.484 e. The zero-order valence-corrected chi connectivity index (χ0v) is 14.9. The summed E-state index contributed by atoms with van der Waals surface area (Å²) in [6, 6.07) is 16.5. The van der Waals surface area contributed by atoms with Gasteiger partial charge in [-0.05, 0) is 31.5 Å². The van der Waals surface area contributed by atoms with Crippen molar-refractivity contribution in [2.24, 2.45) is 0 Å². The van der Waals surface area contributed by atoms with Gasteiger partial charge in [0.2, 0.25) is 5.91 Å². The normalized spacial score (nSPS) is 11.5. The third-order valence-corrected chi connectivity index (χ3v) is 3.95. The van der Waals surface area contributed by atoms with E-state index < -0.39 is 6.04 Å². The van der Waals surface area contributed by atoms with Gasteiger partial charge < -0.3 is 15.0 Å². The van der Waals surface area contributed by atoms with Crippen molar-refractivity contribution in [2.45, 2.75) is 26.4 Å². The van der Waals surface area contributed by atoms with Crippen LogP contribution in [0.3, 0.4) is 0 Å². The first-order valence-corrected chi connectivity index (χ1v) is 8.25. The molecule has 0 saturated carbocycles. The molecule has 5 heteroatoms. The van der Waals surface area contributed by atoms with Gasteiger partial charge in [-0.3, -0.25) is 9.59 Å². The van der Waals surface area contributed by atoms with Gasteiger partial charge in [0.25, 0.3) is 5.91 Å². The highest BCUT2D eigenvalue weighted by Gasteiger charge is 2.25. The van der Waals surface area contributed by atoms with Crippen molar-refractivity contribution >= 4 is 11.8 Å². The highest BCUT2D eigenvalue weighted by molar-refractivity contribution is 5.87. The minimum atomic E-state index is -0.586. The molecule has 0 aromatic heterocycles. The van der Waals surface area contributed by atoms with Gasteiger partial charge in [-0.1, -0.05) is 48.0 Å². The number of hydrogen-bond acceptors (Lipinski definition) is 3. The predicted octanol–water partition coefficient (Wildman–Crippen LogP) is 2.54. The Morgan fingerprint density at radius 3 is 2.48 bits per heavy atom. The molecule has 0 aliphatic rings. The number of likely N-dealkylation sites (N-methyl/N-ethyl adjacent to an activating group) is 1. The summed E-state index contributed by atoms with van der Waals surface area (Å²) in [5.74, 6) is 0.182. The van der Waals surface area contributed by atoms with Gasteiger partial charge >= 0.3 is 0 Å². The molecule has 0 radical (unpaired) electrons. The molecule has 2 aromatic carbocycles. The molecule has 1 atom stereocenters. The third kappa shape index (κ3) is 5.35. The lowest BCUT2D eigenvalue weighted by molar-refractivity contribution is -0.142. The lowest BCUT2D eigenvalue weighted by Crippen LogP contribution is -2.48. The largest absolute Gasteiger partial charge is 0.484 e. The maximum Gasteiger partial charge on any atom is 0.261 e. The summed E-state index contributed by atoms with van der Waals surface area (Å²) in [6.07, 6.45) is 0. The summed E-state index contributed by atoms with van der Waals surface area (Å²) in [7, 11) is 1.56. The van der Waals surface area contributed by atoms with E-state index in [2.05, 4.69) is 5.32 Å². The topological polar surface area (TPSA) is 58.6 Å². The van der Waals surface area contributed by atoms with Crippen LogP contribution in [0.5, 0.6) is 5.75 Å². The zero-order valence-electron chi connectivity index (χ0n) is 14.9. The van der Waals surface area contributed by atoms with Crippen LogP contribution in [0, 0.1) is 6.92 Å². The molecule has 2 aromatic rings. The van der Waals surface area contributed by atoms with E-state index in [1.54, 1.807) is 26.1 Å². The van der Waals surface area contributed by atoms with Crippen LogP contribution < -0.4 is 10.1 Å². The Hall–Kier alpha value is -2.82. The van der Waals surface area contributed by atoms with Gasteiger partial charge in [0.15, 0.2) is 6.61 Å². The summed E-state index contributed by atoms with van der Waals surface area (Å²) < 4.78 is 5.55. The standard InChI is InChI=1S/C20H24N2O3/c1-15-8-7-9-17(12-15)13-22(16(2)20(24)21-3)19(23)14-25-18-10-5-4-6-11-18/h4-12,16H,13-14H2,1-3H3,(H,21,24). The van der Waals surface area contributed by atoms with E-state index in [0.29, 0.717) is 12.3 Å². The van der Waals surface area contributed by atoms with Crippen LogP contribution in [-0.4, -0.2) is 36.4 Å². The number of nitrogens with one attached hydrogen (secondary N) is 1. The summed E-state index contributed by atoms with van der Waals surface area (Å²) in [5.41, 5.74) is 2.09. The Balaban J connectivity index is 2.12. The Bertz CT molecular complexity index is 716. The number of carbonyl (C=O) groups is 2.